The molecule has 0 aliphatic rings. The zero-order valence-electron chi connectivity index (χ0n) is 29.4. The van der Waals surface area contributed by atoms with Crippen LogP contribution in [-0.2, 0) is 0 Å². The third-order valence-corrected chi connectivity index (χ3v) is 4.05. The SMILES string of the molecule is [2H]c1c([2H])c([2H])c(-c2c([2H])c([2H])c([2H])c([2H])c2-n2c3c([2H])c([2H])c([2H])c([2H])c3c3c([2H])c([2H])c([2H])c([2H])c32)c(C)c1[2H]. The van der Waals surface area contributed by atoms with Crippen LogP contribution in [0, 0.1) is 6.92 Å². The lowest BCUT2D eigenvalue weighted by atomic mass is 9.99. The van der Waals surface area contributed by atoms with Crippen molar-refractivity contribution in [1.82, 2.24) is 4.57 Å². The van der Waals surface area contributed by atoms with Gasteiger partial charge in [-0.05, 0) is 36.2 Å². The van der Waals surface area contributed by atoms with Crippen LogP contribution in [0.15, 0.2) is 96.7 Å². The highest BCUT2D eigenvalue weighted by atomic mass is 15.0. The molecule has 4 aromatic carbocycles. The highest BCUT2D eigenvalue weighted by Crippen LogP contribution is 2.36. The Kier molecular flexibility index (Phi) is 1.33. The van der Waals surface area contributed by atoms with Crippen LogP contribution in [0.2, 0.25) is 0 Å². The number of hydrogen-bond donors (Lipinski definition) is 0. The largest absolute Gasteiger partial charge is 0.309 e. The van der Waals surface area contributed by atoms with Gasteiger partial charge in [0.25, 0.3) is 0 Å². The van der Waals surface area contributed by atoms with Crippen LogP contribution in [-0.4, -0.2) is 4.57 Å². The van der Waals surface area contributed by atoms with Crippen LogP contribution in [0.5, 0.6) is 0 Å². The molecule has 0 saturated carbocycles. The van der Waals surface area contributed by atoms with E-state index >= 15 is 0 Å². The Labute approximate surface area is 175 Å². The third kappa shape index (κ3) is 2.18. The summed E-state index contributed by atoms with van der Waals surface area (Å²) >= 11 is 0. The van der Waals surface area contributed by atoms with Crippen LogP contribution in [0.3, 0.4) is 0 Å². The Hall–Kier alpha value is -3.32. The molecule has 0 saturated heterocycles. The molecule has 1 heteroatoms. The van der Waals surface area contributed by atoms with Gasteiger partial charge in [0.2, 0.25) is 0 Å². The minimum Gasteiger partial charge on any atom is -0.309 e. The fourth-order valence-corrected chi connectivity index (χ4v) is 2.92. The summed E-state index contributed by atoms with van der Waals surface area (Å²) in [5, 5.41) is -0.624. The smallest absolute Gasteiger partial charge is 0.0645 e. The second kappa shape index (κ2) is 5.89. The first-order valence-corrected chi connectivity index (χ1v) is 7.67. The van der Waals surface area contributed by atoms with E-state index in [1.807, 2.05) is 0 Å². The minimum atomic E-state index is -0.783. The number of fused-ring (bicyclic) bond motifs is 3. The van der Waals surface area contributed by atoms with Gasteiger partial charge in [0.1, 0.15) is 0 Å². The Morgan fingerprint density at radius 2 is 1.08 bits per heavy atom. The molecule has 1 aromatic heterocycles. The maximum absolute atomic E-state index is 8.89. The lowest BCUT2D eigenvalue weighted by Crippen LogP contribution is -1.97. The number of hydrogen-bond acceptors (Lipinski definition) is 0. The van der Waals surface area contributed by atoms with E-state index in [0.717, 1.165) is 4.57 Å². The number of aromatic nitrogens is 1. The van der Waals surface area contributed by atoms with Gasteiger partial charge in [-0.15, -0.1) is 0 Å². The molecule has 0 atom stereocenters. The topological polar surface area (TPSA) is 4.93 Å². The van der Waals surface area contributed by atoms with Crippen molar-refractivity contribution in [3.8, 4) is 16.8 Å². The number of para-hydroxylation sites is 3. The summed E-state index contributed by atoms with van der Waals surface area (Å²) < 4.78 is 136. The average Bonchev–Trinajstić information content (AvgIpc) is 3.32. The van der Waals surface area contributed by atoms with Crippen molar-refractivity contribution >= 4 is 21.8 Å². The predicted octanol–water partition coefficient (Wildman–Crippen LogP) is 6.76. The highest BCUT2D eigenvalue weighted by molar-refractivity contribution is 6.09. The van der Waals surface area contributed by atoms with E-state index in [0.29, 0.717) is 0 Å². The molecule has 0 bridgehead atoms. The maximum Gasteiger partial charge on any atom is 0.0645 e. The molecule has 1 nitrogen and oxygen atoms in total. The van der Waals surface area contributed by atoms with Gasteiger partial charge in [-0.2, -0.15) is 0 Å². The highest BCUT2D eigenvalue weighted by Gasteiger charge is 2.15. The number of rotatable bonds is 2. The van der Waals surface area contributed by atoms with Gasteiger partial charge in [-0.25, -0.2) is 0 Å². The third-order valence-electron chi connectivity index (χ3n) is 4.05. The first kappa shape index (κ1) is 5.85. The molecule has 5 aromatic rings. The molecule has 0 radical (unpaired) electrons. The monoisotopic (exact) mass is 349 g/mol. The van der Waals surface area contributed by atoms with Crippen molar-refractivity contribution in [1.29, 1.82) is 0 Å². The van der Waals surface area contributed by atoms with Gasteiger partial charge < -0.3 is 4.57 Å². The number of benzene rings is 4. The molecule has 5 rings (SSSR count). The summed E-state index contributed by atoms with van der Waals surface area (Å²) in [7, 11) is 0. The van der Waals surface area contributed by atoms with Gasteiger partial charge in [0.05, 0.1) is 38.7 Å². The summed E-state index contributed by atoms with van der Waals surface area (Å²) in [5.74, 6) is 0. The Morgan fingerprint density at radius 3 is 1.77 bits per heavy atom. The Balaban J connectivity index is 2.24. The van der Waals surface area contributed by atoms with Crippen LogP contribution >= 0.6 is 0 Å². The molecule has 26 heavy (non-hydrogen) atoms. The fourth-order valence-electron chi connectivity index (χ4n) is 2.92. The maximum atomic E-state index is 8.89. The molecular weight excluding hydrogens is 314 g/mol. The van der Waals surface area contributed by atoms with E-state index in [1.54, 1.807) is 0 Å². The van der Waals surface area contributed by atoms with E-state index < -0.39 is 119 Å². The molecule has 0 unspecified atom stereocenters. The summed E-state index contributed by atoms with van der Waals surface area (Å²) in [5.41, 5.74) is -2.12. The van der Waals surface area contributed by atoms with Gasteiger partial charge in [-0.1, -0.05) is 78.6 Å². The van der Waals surface area contributed by atoms with Gasteiger partial charge in [0, 0.05) is 16.3 Å². The zero-order valence-corrected chi connectivity index (χ0v) is 13.4. The van der Waals surface area contributed by atoms with Crippen LogP contribution in [0.25, 0.3) is 38.6 Å². The zero-order chi connectivity index (χ0) is 31.4. The fraction of sp³-hybridized carbons (Fsp3) is 0.0400. The van der Waals surface area contributed by atoms with Gasteiger partial charge >= 0.3 is 0 Å². The molecule has 0 aliphatic heterocycles. The lowest BCUT2D eigenvalue weighted by Gasteiger charge is -2.15. The molecule has 1 heterocycles. The average molecular weight is 350 g/mol. The van der Waals surface area contributed by atoms with Crippen molar-refractivity contribution in [2.45, 2.75) is 6.92 Å². The molecule has 0 spiro atoms. The van der Waals surface area contributed by atoms with Gasteiger partial charge in [0.15, 0.2) is 0 Å². The number of nitrogens with zero attached hydrogens (tertiary/aromatic N) is 1. The van der Waals surface area contributed by atoms with E-state index in [2.05, 4.69) is 0 Å². The second-order valence-corrected chi connectivity index (χ2v) is 5.51. The van der Waals surface area contributed by atoms with Crippen molar-refractivity contribution < 1.29 is 21.9 Å². The van der Waals surface area contributed by atoms with Crippen molar-refractivity contribution in [2.24, 2.45) is 0 Å². The van der Waals surface area contributed by atoms with Crippen molar-refractivity contribution in [2.75, 3.05) is 0 Å². The van der Waals surface area contributed by atoms with E-state index in [1.165, 1.54) is 6.92 Å². The first-order valence-electron chi connectivity index (χ1n) is 15.7. The Morgan fingerprint density at radius 1 is 0.577 bits per heavy atom. The molecule has 0 amide bonds. The second-order valence-electron chi connectivity index (χ2n) is 5.51. The van der Waals surface area contributed by atoms with Crippen molar-refractivity contribution in [3.63, 3.8) is 0 Å². The summed E-state index contributed by atoms with van der Waals surface area (Å²) in [6, 6.07) is -10.9. The minimum absolute atomic E-state index is 0.0724. The normalized spacial score (nSPS) is 19.9. The van der Waals surface area contributed by atoms with Crippen LogP contribution < -0.4 is 0 Å². The van der Waals surface area contributed by atoms with E-state index in [9.17, 15) is 0 Å². The lowest BCUT2D eigenvalue weighted by molar-refractivity contribution is 1.18. The molecule has 0 N–H and O–H groups in total. The molecule has 0 fully saturated rings. The van der Waals surface area contributed by atoms with E-state index in [-0.39, 0.29) is 21.9 Å². The molecular formula is C25H19N. The first-order chi connectivity index (χ1) is 19.5. The van der Waals surface area contributed by atoms with Crippen molar-refractivity contribution in [3.05, 3.63) is 102 Å². The quantitative estimate of drug-likeness (QED) is 0.332. The summed E-state index contributed by atoms with van der Waals surface area (Å²) in [4.78, 5) is 0. The molecule has 0 aliphatic carbocycles. The van der Waals surface area contributed by atoms with Crippen LogP contribution in [0.4, 0.5) is 0 Å². The Bertz CT molecular complexity index is 1950. The summed E-state index contributed by atoms with van der Waals surface area (Å²) in [6.07, 6.45) is 0. The van der Waals surface area contributed by atoms with E-state index in [4.69, 9.17) is 21.9 Å². The van der Waals surface area contributed by atoms with Gasteiger partial charge in [-0.3, -0.25) is 0 Å². The summed E-state index contributed by atoms with van der Waals surface area (Å²) in [6.45, 7) is 1.34. The molecule has 124 valence electrons. The predicted molar refractivity (Wildman–Crippen MR) is 111 cm³/mol. The van der Waals surface area contributed by atoms with Crippen LogP contribution in [0.1, 0.15) is 27.5 Å². The standard InChI is InChI=1S/C25H19N/c1-18-10-2-3-11-19(18)20-12-4-7-15-23(20)26-24-16-8-5-13-21(24)22-14-6-9-17-25(22)26/h2-17H,1H3/i2D,3D,4D,5D,6D,7D,8D,9D,10D,11D,12D,13D,14D,15D,16D,17D.